The number of nitrogens with two attached hydrogens (primary N) is 3. The third kappa shape index (κ3) is 16.4. The summed E-state index contributed by atoms with van der Waals surface area (Å²) in [5.41, 5.74) is 8.41. The van der Waals surface area contributed by atoms with Crippen LogP contribution in [0.4, 0.5) is 0 Å². The fraction of sp³-hybridized carbons (Fsp3) is 0.556. The maximum Gasteiger partial charge on any atom is 0.0440 e. The molecule has 0 radical (unpaired) electrons. The minimum atomic E-state index is 0. The minimum Gasteiger partial charge on any atom is -0.403 e. The van der Waals surface area contributed by atoms with Gasteiger partial charge in [-0.3, -0.25) is 5.43 Å². The molecule has 0 unspecified atom stereocenters. The van der Waals surface area contributed by atoms with Crippen LogP contribution in [-0.2, 0) is 6.42 Å². The van der Waals surface area contributed by atoms with E-state index in [1.54, 1.807) is 10.8 Å². The number of nitrogens with zero attached hydrogens (tertiary/aromatic N) is 5. The first-order valence-corrected chi connectivity index (χ1v) is 7.80. The first-order chi connectivity index (χ1) is 11.7. The van der Waals surface area contributed by atoms with Crippen LogP contribution < -0.4 is 22.8 Å². The van der Waals surface area contributed by atoms with E-state index in [1.807, 2.05) is 19.2 Å². The molecule has 0 aromatic carbocycles. The van der Waals surface area contributed by atoms with Crippen molar-refractivity contribution in [3.63, 3.8) is 0 Å². The fourth-order valence-electron chi connectivity index (χ4n) is 2.33. The van der Waals surface area contributed by atoms with E-state index in [1.165, 1.54) is 43.8 Å². The highest BCUT2D eigenvalue weighted by Crippen LogP contribution is 2.28. The van der Waals surface area contributed by atoms with Gasteiger partial charge in [0.1, 0.15) is 0 Å². The van der Waals surface area contributed by atoms with Gasteiger partial charge in [0.2, 0.25) is 0 Å². The van der Waals surface area contributed by atoms with Crippen LogP contribution in [0.15, 0.2) is 64.3 Å². The van der Waals surface area contributed by atoms with Crippen molar-refractivity contribution in [2.45, 2.75) is 61.3 Å². The standard InChI is InChI=1S/C10H16N4.C3H6.C2H7N5.3CH4/c11-12-13-14-7-3-6-10(14)8-9-4-1-2-5-9;1-3-2;3-1-2-5-7-6-4;;;/h3,6-7,9H,1-2,4-5,8H2,(H2,11,13);3H,1H2,2H3;1-2H,3H2,(H2,4,7)(H,5,6);3*1H4. The van der Waals surface area contributed by atoms with Crippen molar-refractivity contribution in [2.24, 2.45) is 44.2 Å². The number of aromatic nitrogens is 1. The maximum absolute atomic E-state index is 5.03. The van der Waals surface area contributed by atoms with Crippen molar-refractivity contribution < 1.29 is 0 Å². The van der Waals surface area contributed by atoms with Crippen molar-refractivity contribution in [3.05, 3.63) is 49.1 Å². The normalized spacial score (nSPS) is 12.8. The van der Waals surface area contributed by atoms with E-state index in [-0.39, 0.29) is 22.3 Å². The zero-order chi connectivity index (χ0) is 18.0. The third-order valence-corrected chi connectivity index (χ3v) is 3.22. The Labute approximate surface area is 165 Å². The van der Waals surface area contributed by atoms with E-state index in [0.717, 1.165) is 12.3 Å². The molecule has 27 heavy (non-hydrogen) atoms. The zero-order valence-corrected chi connectivity index (χ0v) is 14.3. The van der Waals surface area contributed by atoms with Crippen molar-refractivity contribution in [1.82, 2.24) is 10.1 Å². The van der Waals surface area contributed by atoms with Gasteiger partial charge in [-0.15, -0.1) is 6.58 Å². The third-order valence-electron chi connectivity index (χ3n) is 3.22. The lowest BCUT2D eigenvalue weighted by Crippen LogP contribution is -2.03. The van der Waals surface area contributed by atoms with Crippen LogP contribution in [0.1, 0.15) is 60.6 Å². The lowest BCUT2D eigenvalue weighted by molar-refractivity contribution is 0.524. The summed E-state index contributed by atoms with van der Waals surface area (Å²) in [5.74, 6) is 10.5. The highest BCUT2D eigenvalue weighted by molar-refractivity contribution is 5.07. The van der Waals surface area contributed by atoms with Gasteiger partial charge in [0.25, 0.3) is 0 Å². The summed E-state index contributed by atoms with van der Waals surface area (Å²) < 4.78 is 1.76. The molecule has 0 saturated heterocycles. The molecule has 158 valence electrons. The molecular weight excluding hydrogens is 342 g/mol. The van der Waals surface area contributed by atoms with E-state index in [4.69, 9.17) is 11.6 Å². The second kappa shape index (κ2) is 23.2. The van der Waals surface area contributed by atoms with Crippen molar-refractivity contribution in [2.75, 3.05) is 0 Å². The second-order valence-corrected chi connectivity index (χ2v) is 5.02. The van der Waals surface area contributed by atoms with Crippen LogP contribution in [0.3, 0.4) is 0 Å². The van der Waals surface area contributed by atoms with Gasteiger partial charge in [-0.25, -0.2) is 4.68 Å². The van der Waals surface area contributed by atoms with Gasteiger partial charge in [-0.1, -0.05) is 69.7 Å². The first-order valence-electron chi connectivity index (χ1n) is 7.80. The average Bonchev–Trinajstić information content (AvgIpc) is 3.23. The molecule has 7 N–H and O–H groups in total. The molecule has 1 saturated carbocycles. The maximum atomic E-state index is 5.03. The van der Waals surface area contributed by atoms with E-state index in [2.05, 4.69) is 44.8 Å². The van der Waals surface area contributed by atoms with E-state index in [9.17, 15) is 0 Å². The summed E-state index contributed by atoms with van der Waals surface area (Å²) in [6.45, 7) is 5.25. The van der Waals surface area contributed by atoms with Crippen molar-refractivity contribution in [3.8, 4) is 0 Å². The SMILES string of the molecule is C.C.C.C=CC.N/N=N/n1cccc1CC1CCCC1.NC=CN/N=N/N. The molecule has 1 aliphatic carbocycles. The van der Waals surface area contributed by atoms with Gasteiger partial charge < -0.3 is 17.4 Å². The van der Waals surface area contributed by atoms with Gasteiger partial charge >= 0.3 is 0 Å². The molecule has 0 spiro atoms. The smallest absolute Gasteiger partial charge is 0.0440 e. The molecule has 9 nitrogen and oxygen atoms in total. The summed E-state index contributed by atoms with van der Waals surface area (Å²) in [7, 11) is 0. The molecule has 1 fully saturated rings. The quantitative estimate of drug-likeness (QED) is 0.253. The summed E-state index contributed by atoms with van der Waals surface area (Å²) in [4.78, 5) is 0. The van der Waals surface area contributed by atoms with Crippen LogP contribution in [0.5, 0.6) is 0 Å². The Morgan fingerprint density at radius 3 is 2.30 bits per heavy atom. The van der Waals surface area contributed by atoms with Crippen molar-refractivity contribution >= 4 is 0 Å². The van der Waals surface area contributed by atoms with E-state index < -0.39 is 0 Å². The second-order valence-electron chi connectivity index (χ2n) is 5.02. The fourth-order valence-corrected chi connectivity index (χ4v) is 2.33. The highest BCUT2D eigenvalue weighted by Gasteiger charge is 2.16. The Morgan fingerprint density at radius 2 is 1.81 bits per heavy atom. The Bertz CT molecular complexity index is 491. The van der Waals surface area contributed by atoms with Crippen LogP contribution in [0.25, 0.3) is 0 Å². The number of hydrogen-bond acceptors (Lipinski definition) is 5. The van der Waals surface area contributed by atoms with Gasteiger partial charge in [-0.05, 0) is 36.6 Å². The van der Waals surface area contributed by atoms with Crippen LogP contribution in [0, 0.1) is 5.92 Å². The molecule has 0 amide bonds. The number of nitrogens with one attached hydrogen (secondary N) is 1. The Hall–Kier alpha value is -2.84. The zero-order valence-electron chi connectivity index (χ0n) is 14.3. The summed E-state index contributed by atoms with van der Waals surface area (Å²) >= 11 is 0. The Morgan fingerprint density at radius 1 is 1.22 bits per heavy atom. The number of allylic oxidation sites excluding steroid dienone is 1. The lowest BCUT2D eigenvalue weighted by atomic mass is 10.0. The minimum absolute atomic E-state index is 0. The van der Waals surface area contributed by atoms with E-state index >= 15 is 0 Å². The highest BCUT2D eigenvalue weighted by atomic mass is 15.5. The predicted octanol–water partition coefficient (Wildman–Crippen LogP) is 4.66. The van der Waals surface area contributed by atoms with Crippen LogP contribution >= 0.6 is 0 Å². The topological polar surface area (TPSA) is 144 Å². The van der Waals surface area contributed by atoms with Crippen LogP contribution in [-0.4, -0.2) is 4.68 Å². The molecule has 0 aliphatic heterocycles. The first kappa shape index (κ1) is 31.9. The molecule has 1 aliphatic rings. The molecule has 9 heteroatoms. The summed E-state index contributed by atoms with van der Waals surface area (Å²) in [6.07, 6.45) is 12.9. The van der Waals surface area contributed by atoms with Gasteiger partial charge in [-0.2, -0.15) is 0 Å². The largest absolute Gasteiger partial charge is 0.403 e. The molecule has 1 heterocycles. The number of hydrogen-bond donors (Lipinski definition) is 4. The Kier molecular flexibility index (Phi) is 27.4. The molecule has 1 aromatic heterocycles. The summed E-state index contributed by atoms with van der Waals surface area (Å²) in [6, 6.07) is 4.08. The van der Waals surface area contributed by atoms with Gasteiger partial charge in [0.15, 0.2) is 0 Å². The Balaban J connectivity index is -0.000000177. The van der Waals surface area contributed by atoms with Gasteiger partial charge in [0, 0.05) is 24.3 Å². The predicted molar refractivity (Wildman–Crippen MR) is 116 cm³/mol. The molecule has 1 aromatic rings. The molecule has 0 bridgehead atoms. The summed E-state index contributed by atoms with van der Waals surface area (Å²) in [5, 5.41) is 13.2. The van der Waals surface area contributed by atoms with E-state index in [0.29, 0.717) is 0 Å². The molecular formula is C18H41N9. The molecule has 0 atom stereocenters. The monoisotopic (exact) mass is 383 g/mol. The molecule has 2 rings (SSSR count). The van der Waals surface area contributed by atoms with Gasteiger partial charge in [0.05, 0.1) is 0 Å². The van der Waals surface area contributed by atoms with Crippen molar-refractivity contribution in [1.29, 1.82) is 0 Å². The lowest BCUT2D eigenvalue weighted by Gasteiger charge is -2.08. The average molecular weight is 384 g/mol. The number of rotatable bonds is 5. The van der Waals surface area contributed by atoms with Crippen LogP contribution in [0.2, 0.25) is 0 Å².